The van der Waals surface area contributed by atoms with Crippen molar-refractivity contribution in [1.29, 1.82) is 0 Å². The van der Waals surface area contributed by atoms with Gasteiger partial charge in [-0.25, -0.2) is 0 Å². The molecule has 2 unspecified atom stereocenters. The lowest BCUT2D eigenvalue weighted by Crippen LogP contribution is -2.37. The first-order valence-electron chi connectivity index (χ1n) is 9.74. The number of carbonyl (C=O) groups excluding carboxylic acids is 2. The van der Waals surface area contributed by atoms with Crippen molar-refractivity contribution in [2.45, 2.75) is 58.5 Å². The zero-order valence-electron chi connectivity index (χ0n) is 17.8. The molecule has 0 aromatic carbocycles. The van der Waals surface area contributed by atoms with Crippen molar-refractivity contribution >= 4 is 19.8 Å². The van der Waals surface area contributed by atoms with E-state index in [1.165, 1.54) is 0 Å². The van der Waals surface area contributed by atoms with E-state index in [1.54, 1.807) is 0 Å². The normalized spacial score (nSPS) is 14.9. The van der Waals surface area contributed by atoms with E-state index in [-0.39, 0.29) is 26.1 Å². The van der Waals surface area contributed by atoms with E-state index in [0.717, 1.165) is 12.8 Å². The third-order valence-corrected chi connectivity index (χ3v) is 4.56. The number of nitrogens with zero attached hydrogens (tertiary/aromatic N) is 1. The monoisotopic (exact) mass is 425 g/mol. The highest BCUT2D eigenvalue weighted by Gasteiger charge is 2.21. The number of phosphoric ester groups is 1. The summed E-state index contributed by atoms with van der Waals surface area (Å²) in [6, 6.07) is 0. The Morgan fingerprint density at radius 1 is 0.964 bits per heavy atom. The lowest BCUT2D eigenvalue weighted by atomic mass is 10.2. The van der Waals surface area contributed by atoms with Gasteiger partial charge in [-0.05, 0) is 12.8 Å². The molecule has 0 saturated heterocycles. The van der Waals surface area contributed by atoms with E-state index >= 15 is 0 Å². The first-order valence-corrected chi connectivity index (χ1v) is 11.2. The summed E-state index contributed by atoms with van der Waals surface area (Å²) in [6.45, 7) is 3.55. The van der Waals surface area contributed by atoms with Gasteiger partial charge in [0.15, 0.2) is 6.10 Å². The maximum absolute atomic E-state index is 11.9. The van der Waals surface area contributed by atoms with Crippen molar-refractivity contribution < 1.29 is 42.1 Å². The topological polar surface area (TPSA) is 111 Å². The maximum Gasteiger partial charge on any atom is 0.306 e. The largest absolute Gasteiger partial charge is 0.756 e. The van der Waals surface area contributed by atoms with E-state index in [0.29, 0.717) is 23.9 Å². The van der Waals surface area contributed by atoms with Crippen LogP contribution in [0.25, 0.3) is 0 Å². The Bertz CT molecular complexity index is 506. The van der Waals surface area contributed by atoms with Gasteiger partial charge in [0, 0.05) is 12.8 Å². The van der Waals surface area contributed by atoms with Gasteiger partial charge in [-0.3, -0.25) is 14.2 Å². The van der Waals surface area contributed by atoms with Crippen LogP contribution in [0.5, 0.6) is 0 Å². The second-order valence-corrected chi connectivity index (χ2v) is 9.00. The van der Waals surface area contributed by atoms with Crippen LogP contribution in [0.15, 0.2) is 0 Å². The fraction of sp³-hybridized carbons (Fsp3) is 0.889. The minimum atomic E-state index is -4.55. The number of quaternary nitrogens is 1. The first kappa shape index (κ1) is 27.0. The Hall–Kier alpha value is -0.990. The van der Waals surface area contributed by atoms with Crippen LogP contribution in [0.3, 0.4) is 0 Å². The van der Waals surface area contributed by atoms with Gasteiger partial charge in [-0.15, -0.1) is 0 Å². The summed E-state index contributed by atoms with van der Waals surface area (Å²) < 4.78 is 32.3. The molecule has 9 nitrogen and oxygen atoms in total. The number of likely N-dealkylation sites (N-methyl/N-ethyl adjacent to an activating group) is 1. The number of esters is 2. The van der Waals surface area contributed by atoms with E-state index in [1.807, 2.05) is 35.0 Å². The number of hydrogen-bond donors (Lipinski definition) is 0. The first-order chi connectivity index (χ1) is 13.0. The highest BCUT2D eigenvalue weighted by molar-refractivity contribution is 7.45. The van der Waals surface area contributed by atoms with Gasteiger partial charge in [-0.2, -0.15) is 0 Å². The number of hydrogen-bond acceptors (Lipinski definition) is 8. The summed E-state index contributed by atoms with van der Waals surface area (Å²) in [4.78, 5) is 35.3. The molecule has 0 rings (SSSR count). The third kappa shape index (κ3) is 16.0. The Morgan fingerprint density at radius 3 is 2.21 bits per heavy atom. The molecule has 0 aliphatic carbocycles. The summed E-state index contributed by atoms with van der Waals surface area (Å²) >= 11 is 0. The predicted octanol–water partition coefficient (Wildman–Crippen LogP) is 2.03. The number of phosphoric acid groups is 1. The van der Waals surface area contributed by atoms with Crippen molar-refractivity contribution in [3.05, 3.63) is 0 Å². The fourth-order valence-electron chi connectivity index (χ4n) is 1.98. The van der Waals surface area contributed by atoms with Crippen LogP contribution in [0.2, 0.25) is 0 Å². The predicted molar refractivity (Wildman–Crippen MR) is 102 cm³/mol. The van der Waals surface area contributed by atoms with E-state index in [2.05, 4.69) is 0 Å². The third-order valence-electron chi connectivity index (χ3n) is 3.60. The van der Waals surface area contributed by atoms with Crippen molar-refractivity contribution in [3.63, 3.8) is 0 Å². The second kappa shape index (κ2) is 14.1. The van der Waals surface area contributed by atoms with Gasteiger partial charge >= 0.3 is 11.9 Å². The van der Waals surface area contributed by atoms with Crippen molar-refractivity contribution in [2.24, 2.45) is 0 Å². The molecule has 2 atom stereocenters. The van der Waals surface area contributed by atoms with Crippen molar-refractivity contribution in [3.8, 4) is 0 Å². The van der Waals surface area contributed by atoms with Crippen LogP contribution < -0.4 is 4.89 Å². The average molecular weight is 425 g/mol. The van der Waals surface area contributed by atoms with Crippen LogP contribution in [-0.4, -0.2) is 70.0 Å². The van der Waals surface area contributed by atoms with Gasteiger partial charge in [0.1, 0.15) is 19.8 Å². The number of unbranched alkanes of at least 4 members (excludes halogenated alkanes) is 2. The molecular weight excluding hydrogens is 389 g/mol. The second-order valence-electron chi connectivity index (χ2n) is 7.59. The lowest BCUT2D eigenvalue weighted by molar-refractivity contribution is -0.870. The highest BCUT2D eigenvalue weighted by Crippen LogP contribution is 2.38. The quantitative estimate of drug-likeness (QED) is 0.160. The smallest absolute Gasteiger partial charge is 0.306 e. The number of rotatable bonds is 16. The minimum Gasteiger partial charge on any atom is -0.756 e. The molecule has 28 heavy (non-hydrogen) atoms. The molecule has 0 heterocycles. The molecule has 0 amide bonds. The van der Waals surface area contributed by atoms with Gasteiger partial charge in [-0.1, -0.05) is 26.7 Å². The summed E-state index contributed by atoms with van der Waals surface area (Å²) in [5.74, 6) is -0.931. The van der Waals surface area contributed by atoms with Gasteiger partial charge in [0.2, 0.25) is 0 Å². The zero-order chi connectivity index (χ0) is 21.6. The molecule has 0 aliphatic heterocycles. The molecule has 0 N–H and O–H groups in total. The molecule has 0 aromatic heterocycles. The summed E-state index contributed by atoms with van der Waals surface area (Å²) in [7, 11) is 1.15. The van der Waals surface area contributed by atoms with E-state index in [4.69, 9.17) is 18.5 Å². The molecule has 166 valence electrons. The van der Waals surface area contributed by atoms with E-state index in [9.17, 15) is 19.0 Å². The Labute approximate surface area is 168 Å². The molecule has 10 heteroatoms. The molecule has 0 aliphatic rings. The van der Waals surface area contributed by atoms with E-state index < -0.39 is 32.5 Å². The summed E-state index contributed by atoms with van der Waals surface area (Å²) in [5.41, 5.74) is 0. The average Bonchev–Trinajstić information content (AvgIpc) is 2.56. The summed E-state index contributed by atoms with van der Waals surface area (Å²) in [5, 5.41) is 0. The minimum absolute atomic E-state index is 0.0305. The highest BCUT2D eigenvalue weighted by atomic mass is 31.2. The van der Waals surface area contributed by atoms with Crippen molar-refractivity contribution in [1.82, 2.24) is 0 Å². The fourth-order valence-corrected chi connectivity index (χ4v) is 2.71. The number of ether oxygens (including phenoxy) is 2. The number of carbonyl (C=O) groups is 2. The van der Waals surface area contributed by atoms with Gasteiger partial charge < -0.3 is 27.9 Å². The SMILES string of the molecule is CCCCCC(=O)OC(COC(=O)CCC)COP(=O)([O-])OCC[N+](C)(C)C. The molecule has 0 aromatic rings. The Morgan fingerprint density at radius 2 is 1.64 bits per heavy atom. The Balaban J connectivity index is 4.60. The Kier molecular flexibility index (Phi) is 13.6. The van der Waals surface area contributed by atoms with Crippen LogP contribution >= 0.6 is 7.82 Å². The molecule has 0 radical (unpaired) electrons. The molecule has 0 fully saturated rings. The lowest BCUT2D eigenvalue weighted by Gasteiger charge is -2.28. The van der Waals surface area contributed by atoms with Crippen LogP contribution in [0, 0.1) is 0 Å². The molecular formula is C18H36NO8P. The van der Waals surface area contributed by atoms with Crippen LogP contribution in [-0.2, 0) is 32.7 Å². The van der Waals surface area contributed by atoms with Gasteiger partial charge in [0.25, 0.3) is 7.82 Å². The standard InChI is InChI=1S/C18H36NO8P/c1-6-8-9-11-18(21)27-16(14-24-17(20)10-7-2)15-26-28(22,23)25-13-12-19(3,4)5/h16H,6-15H2,1-5H3. The molecule has 0 spiro atoms. The molecule has 0 bridgehead atoms. The van der Waals surface area contributed by atoms with Crippen molar-refractivity contribution in [2.75, 3.05) is 47.5 Å². The van der Waals surface area contributed by atoms with Gasteiger partial charge in [0.05, 0.1) is 27.7 Å². The zero-order valence-corrected chi connectivity index (χ0v) is 18.7. The summed E-state index contributed by atoms with van der Waals surface area (Å²) in [6.07, 6.45) is 2.56. The van der Waals surface area contributed by atoms with Crippen LogP contribution in [0.4, 0.5) is 0 Å². The molecule has 0 saturated carbocycles. The maximum atomic E-state index is 11.9. The van der Waals surface area contributed by atoms with Crippen LogP contribution in [0.1, 0.15) is 52.4 Å².